The topological polar surface area (TPSA) is 231 Å². The molecule has 8 rings (SSSR count). The monoisotopic (exact) mass is 867 g/mol. The summed E-state index contributed by atoms with van der Waals surface area (Å²) in [7, 11) is -6.02. The van der Waals surface area contributed by atoms with Crippen LogP contribution < -0.4 is 20.7 Å². The van der Waals surface area contributed by atoms with Crippen LogP contribution in [0.5, 0.6) is 5.75 Å². The highest BCUT2D eigenvalue weighted by Crippen LogP contribution is 2.43. The summed E-state index contributed by atoms with van der Waals surface area (Å²) >= 11 is 6.18. The van der Waals surface area contributed by atoms with Crippen LogP contribution in [0.4, 0.5) is 11.5 Å². The third-order valence-electron chi connectivity index (χ3n) is 11.0. The van der Waals surface area contributed by atoms with Crippen LogP contribution in [0.2, 0.25) is 5.15 Å². The number of aromatic nitrogens is 6. The number of aromatic amines is 2. The van der Waals surface area contributed by atoms with Crippen molar-refractivity contribution >= 4 is 76.7 Å². The maximum Gasteiger partial charge on any atom is 0.223 e. The largest absolute Gasteiger partial charge is 0.485 e. The lowest BCUT2D eigenvalue weighted by Crippen LogP contribution is -2.35. The predicted octanol–water partition coefficient (Wildman–Crippen LogP) is 4.34. The van der Waals surface area contributed by atoms with Crippen molar-refractivity contribution in [1.29, 1.82) is 0 Å². The second-order valence-corrected chi connectivity index (χ2v) is 21.3. The molecule has 2 aliphatic carbocycles. The first-order valence-corrected chi connectivity index (χ1v) is 24.3. The van der Waals surface area contributed by atoms with Crippen LogP contribution in [0, 0.1) is 11.8 Å². The second kappa shape index (κ2) is 17.0. The zero-order valence-corrected chi connectivity index (χ0v) is 36.0. The number of fused-ring (bicyclic) bond motifs is 7. The van der Waals surface area contributed by atoms with E-state index in [0.717, 1.165) is 88.0 Å². The normalized spacial score (nSPS) is 18.2. The van der Waals surface area contributed by atoms with Gasteiger partial charge in [-0.3, -0.25) is 9.59 Å². The van der Waals surface area contributed by atoms with Gasteiger partial charge in [0.2, 0.25) is 11.8 Å². The highest BCUT2D eigenvalue weighted by atomic mass is 35.5. The molecule has 0 saturated carbocycles. The number of benzene rings is 1. The van der Waals surface area contributed by atoms with E-state index in [1.807, 2.05) is 12.1 Å². The Hall–Kier alpha value is -4.81. The summed E-state index contributed by atoms with van der Waals surface area (Å²) in [6, 6.07) is 6.09. The number of nitrogens with one attached hydrogen (secondary N) is 5. The van der Waals surface area contributed by atoms with Crippen LogP contribution in [0.1, 0.15) is 67.6 Å². The first-order chi connectivity index (χ1) is 27.9. The molecule has 1 aromatic carbocycles. The molecule has 0 spiro atoms. The van der Waals surface area contributed by atoms with E-state index in [1.165, 1.54) is 25.2 Å². The third-order valence-corrected chi connectivity index (χ3v) is 13.3. The van der Waals surface area contributed by atoms with E-state index in [4.69, 9.17) is 16.3 Å². The fourth-order valence-electron chi connectivity index (χ4n) is 8.21. The molecule has 316 valence electrons. The number of ether oxygens (including phenoxy) is 1. The molecular weight excluding hydrogens is 818 g/mol. The SMILES string of the molecule is CC1(C)Cc2cccc(Nc3ncnc4[nH]c5c(c34)CC(C(=O)NCCCS(C)(=O)=O)CC5)c2O1.CS(=O)(=O)CCCNC(=O)C1CCc2[nH]c3ncnc(Cl)c3c2C1. The second-order valence-electron chi connectivity index (χ2n) is 16.4. The average molecular weight is 868 g/mol. The fraction of sp³-hybridized carbons (Fsp3) is 0.500. The van der Waals surface area contributed by atoms with Crippen molar-refractivity contribution in [2.24, 2.45) is 11.8 Å². The van der Waals surface area contributed by atoms with Gasteiger partial charge in [0.05, 0.1) is 28.0 Å². The molecule has 2 unspecified atom stereocenters. The Morgan fingerprint density at radius 2 is 1.36 bits per heavy atom. The standard InChI is InChI=1S/C25H31N5O4S.C15H19ClN4O3S/c1-25(2)13-16-6-4-7-19(21(16)34-25)30-23-20-17-12-15(24(31)26-10-5-11-35(3,32)33)8-9-18(17)29-22(20)27-14-28-23;1-24(22,23)6-2-5-17-15(21)9-3-4-11-10(7-9)12-13(16)18-8-19-14(12)20-11/h4,6-7,14-15H,5,8-13H2,1-3H3,(H,26,31)(H2,27,28,29,30);8-9H,2-7H2,1H3,(H,17,21)(H,18,19,20). The van der Waals surface area contributed by atoms with Crippen LogP contribution in [-0.4, -0.2) is 101 Å². The number of carbonyl (C=O) groups excluding carboxylic acids is 2. The van der Waals surface area contributed by atoms with Crippen LogP contribution in [0.3, 0.4) is 0 Å². The van der Waals surface area contributed by atoms with E-state index in [0.29, 0.717) is 55.4 Å². The number of nitrogens with zero attached hydrogens (tertiary/aromatic N) is 4. The van der Waals surface area contributed by atoms with Crippen molar-refractivity contribution in [2.45, 2.75) is 77.2 Å². The lowest BCUT2D eigenvalue weighted by atomic mass is 9.86. The number of para-hydroxylation sites is 1. The summed E-state index contributed by atoms with van der Waals surface area (Å²) in [4.78, 5) is 49.0. The predicted molar refractivity (Wildman–Crippen MR) is 227 cm³/mol. The van der Waals surface area contributed by atoms with Crippen LogP contribution in [0.25, 0.3) is 22.1 Å². The van der Waals surface area contributed by atoms with Gasteiger partial charge in [0, 0.05) is 60.8 Å². The number of carbonyl (C=O) groups is 2. The molecule has 5 aromatic rings. The molecule has 0 bridgehead atoms. The van der Waals surface area contributed by atoms with E-state index in [1.54, 1.807) is 0 Å². The summed E-state index contributed by atoms with van der Waals surface area (Å²) in [5.41, 5.74) is 7.43. The molecule has 5 N–H and O–H groups in total. The molecule has 19 heteroatoms. The number of amides is 2. The van der Waals surface area contributed by atoms with Gasteiger partial charge in [0.1, 0.15) is 65.9 Å². The number of hydrogen-bond acceptors (Lipinski definition) is 12. The molecule has 5 heterocycles. The van der Waals surface area contributed by atoms with E-state index >= 15 is 0 Å². The van der Waals surface area contributed by atoms with Gasteiger partial charge in [0.15, 0.2) is 0 Å². The van der Waals surface area contributed by atoms with Crippen LogP contribution in [0.15, 0.2) is 30.9 Å². The molecule has 1 aliphatic heterocycles. The highest BCUT2D eigenvalue weighted by Gasteiger charge is 2.33. The molecule has 0 saturated heterocycles. The Balaban J connectivity index is 0.000000192. The number of halogens is 1. The third kappa shape index (κ3) is 10.1. The van der Waals surface area contributed by atoms with Crippen molar-refractivity contribution in [3.05, 3.63) is 64.1 Å². The maximum absolute atomic E-state index is 12.8. The summed E-state index contributed by atoms with van der Waals surface area (Å²) in [6.07, 6.45) is 11.2. The van der Waals surface area contributed by atoms with Gasteiger partial charge in [-0.15, -0.1) is 0 Å². The van der Waals surface area contributed by atoms with Crippen molar-refractivity contribution < 1.29 is 31.2 Å². The number of sulfone groups is 2. The summed E-state index contributed by atoms with van der Waals surface area (Å²) in [5.74, 6) is 1.27. The number of hydrogen-bond donors (Lipinski definition) is 5. The molecule has 16 nitrogen and oxygen atoms in total. The molecule has 3 aliphatic rings. The molecule has 2 amide bonds. The Bertz CT molecular complexity index is 2630. The number of rotatable bonds is 12. The minimum Gasteiger partial charge on any atom is -0.485 e. The van der Waals surface area contributed by atoms with Crippen LogP contribution in [-0.2, 0) is 61.4 Å². The highest BCUT2D eigenvalue weighted by molar-refractivity contribution is 7.90. The number of aryl methyl sites for hydroxylation is 2. The van der Waals surface area contributed by atoms with Crippen molar-refractivity contribution in [3.63, 3.8) is 0 Å². The summed E-state index contributed by atoms with van der Waals surface area (Å²) < 4.78 is 51.1. The molecule has 59 heavy (non-hydrogen) atoms. The molecule has 4 aromatic heterocycles. The minimum absolute atomic E-state index is 0.0404. The van der Waals surface area contributed by atoms with Gasteiger partial charge in [-0.1, -0.05) is 23.7 Å². The molecule has 0 radical (unpaired) electrons. The van der Waals surface area contributed by atoms with E-state index in [9.17, 15) is 26.4 Å². The fourth-order valence-corrected chi connectivity index (χ4v) is 9.79. The van der Waals surface area contributed by atoms with Gasteiger partial charge >= 0.3 is 0 Å². The maximum atomic E-state index is 12.8. The van der Waals surface area contributed by atoms with Crippen molar-refractivity contribution in [1.82, 2.24) is 40.5 Å². The van der Waals surface area contributed by atoms with Gasteiger partial charge < -0.3 is 30.7 Å². The molecule has 0 fully saturated rings. The summed E-state index contributed by atoms with van der Waals surface area (Å²) in [6.45, 7) is 4.88. The van der Waals surface area contributed by atoms with E-state index in [2.05, 4.69) is 65.8 Å². The molecular formula is C40H50ClN9O7S2. The van der Waals surface area contributed by atoms with Gasteiger partial charge in [-0.2, -0.15) is 0 Å². The average Bonchev–Trinajstić information content (AvgIpc) is 3.84. The van der Waals surface area contributed by atoms with Gasteiger partial charge in [-0.05, 0) is 82.4 Å². The van der Waals surface area contributed by atoms with Gasteiger partial charge in [-0.25, -0.2) is 36.8 Å². The Labute approximate surface area is 348 Å². The quantitative estimate of drug-likeness (QED) is 0.0872. The van der Waals surface area contributed by atoms with E-state index in [-0.39, 0.29) is 40.8 Å². The Morgan fingerprint density at radius 3 is 1.93 bits per heavy atom. The number of H-pyrrole nitrogens is 2. The molecule has 2 atom stereocenters. The lowest BCUT2D eigenvalue weighted by Gasteiger charge is -2.22. The summed E-state index contributed by atoms with van der Waals surface area (Å²) in [5, 5.41) is 11.3. The first-order valence-electron chi connectivity index (χ1n) is 19.8. The van der Waals surface area contributed by atoms with Crippen molar-refractivity contribution in [3.8, 4) is 5.75 Å². The Morgan fingerprint density at radius 1 is 0.814 bits per heavy atom. The van der Waals surface area contributed by atoms with Crippen molar-refractivity contribution in [2.75, 3.05) is 42.4 Å². The van der Waals surface area contributed by atoms with Gasteiger partial charge in [0.25, 0.3) is 0 Å². The zero-order chi connectivity index (χ0) is 42.1. The first kappa shape index (κ1) is 42.3. The zero-order valence-electron chi connectivity index (χ0n) is 33.6. The Kier molecular flexibility index (Phi) is 12.2. The smallest absolute Gasteiger partial charge is 0.223 e. The van der Waals surface area contributed by atoms with E-state index < -0.39 is 19.7 Å². The van der Waals surface area contributed by atoms with Crippen LogP contribution >= 0.6 is 11.6 Å². The minimum atomic E-state index is -3.03. The lowest BCUT2D eigenvalue weighted by molar-refractivity contribution is -0.126. The number of anilines is 2.